The zero-order chi connectivity index (χ0) is 7.98. The molecule has 4 heteroatoms. The zero-order valence-electron chi connectivity index (χ0n) is 6.16. The highest BCUT2D eigenvalue weighted by Crippen LogP contribution is 2.02. The predicted octanol–water partition coefficient (Wildman–Crippen LogP) is 1.82. The average Bonchev–Trinajstić information content (AvgIpc) is 1.99. The van der Waals surface area contributed by atoms with Crippen LogP contribution in [0.25, 0.3) is 0 Å². The second kappa shape index (κ2) is 5.32. The van der Waals surface area contributed by atoms with Crippen molar-refractivity contribution in [1.29, 1.82) is 0 Å². The largest absolute Gasteiger partial charge is 0.506 e. The molecule has 0 aromatic heterocycles. The minimum atomic E-state index is 0.209. The highest BCUT2D eigenvalue weighted by atomic mass is 32.2. The van der Waals surface area contributed by atoms with Crippen LogP contribution in [0.5, 0.6) is 0 Å². The first-order chi connectivity index (χ1) is 4.76. The Labute approximate surface area is 65.3 Å². The van der Waals surface area contributed by atoms with Crippen molar-refractivity contribution in [2.24, 2.45) is 9.54 Å². The molecule has 0 aliphatic carbocycles. The van der Waals surface area contributed by atoms with Gasteiger partial charge in [-0.3, -0.25) is 5.14 Å². The summed E-state index contributed by atoms with van der Waals surface area (Å²) in [6, 6.07) is 0. The van der Waals surface area contributed by atoms with Gasteiger partial charge in [-0.05, 0) is 19.4 Å². The monoisotopic (exact) mass is 160 g/mol. The molecule has 3 nitrogen and oxygen atoms in total. The van der Waals surface area contributed by atoms with Crippen molar-refractivity contribution >= 4 is 17.8 Å². The molecule has 0 radical (unpaired) electrons. The molecule has 0 aromatic carbocycles. The van der Waals surface area contributed by atoms with Gasteiger partial charge in [0.25, 0.3) is 0 Å². The molecule has 0 saturated carbocycles. The molecule has 0 aliphatic heterocycles. The quantitative estimate of drug-likeness (QED) is 0.376. The normalized spacial score (nSPS) is 13.9. The first kappa shape index (κ1) is 9.52. The number of rotatable bonds is 3. The van der Waals surface area contributed by atoms with Gasteiger partial charge in [0.1, 0.15) is 5.76 Å². The van der Waals surface area contributed by atoms with Crippen LogP contribution in [0.4, 0.5) is 0 Å². The van der Waals surface area contributed by atoms with E-state index in [-0.39, 0.29) is 5.76 Å². The standard InChI is InChI=1S/C6H12N2OS/c1-3-5(8-10-7)6(9)4-2/h4,9H,3,7H2,1-2H3/b6-4+,8-5-. The molecule has 0 unspecified atom stereocenters. The van der Waals surface area contributed by atoms with Crippen LogP contribution in [-0.4, -0.2) is 10.8 Å². The van der Waals surface area contributed by atoms with E-state index < -0.39 is 0 Å². The minimum Gasteiger partial charge on any atom is -0.506 e. The summed E-state index contributed by atoms with van der Waals surface area (Å²) in [5, 5.41) is 14.2. The maximum absolute atomic E-state index is 9.11. The Hall–Kier alpha value is -0.480. The molecule has 0 aliphatic rings. The number of nitrogens with zero attached hydrogens (tertiary/aromatic N) is 1. The number of hydrogen-bond acceptors (Lipinski definition) is 4. The smallest absolute Gasteiger partial charge is 0.133 e. The van der Waals surface area contributed by atoms with Crippen molar-refractivity contribution in [3.05, 3.63) is 11.8 Å². The lowest BCUT2D eigenvalue weighted by atomic mass is 10.2. The number of nitrogens with two attached hydrogens (primary N) is 1. The van der Waals surface area contributed by atoms with Gasteiger partial charge in [-0.15, -0.1) is 0 Å². The zero-order valence-corrected chi connectivity index (χ0v) is 6.98. The molecule has 0 bridgehead atoms. The lowest BCUT2D eigenvalue weighted by Gasteiger charge is -1.98. The highest BCUT2D eigenvalue weighted by molar-refractivity contribution is 7.95. The Morgan fingerprint density at radius 1 is 1.80 bits per heavy atom. The molecule has 0 saturated heterocycles. The van der Waals surface area contributed by atoms with Gasteiger partial charge in [0.05, 0.1) is 17.8 Å². The molecule has 0 rings (SSSR count). The second-order valence-electron chi connectivity index (χ2n) is 1.67. The Balaban J connectivity index is 4.21. The van der Waals surface area contributed by atoms with Crippen molar-refractivity contribution in [3.8, 4) is 0 Å². The van der Waals surface area contributed by atoms with E-state index in [2.05, 4.69) is 4.40 Å². The molecule has 0 spiro atoms. The Morgan fingerprint density at radius 2 is 2.40 bits per heavy atom. The summed E-state index contributed by atoms with van der Waals surface area (Å²) < 4.78 is 3.81. The summed E-state index contributed by atoms with van der Waals surface area (Å²) >= 11 is 0.865. The van der Waals surface area contributed by atoms with E-state index in [1.807, 2.05) is 6.92 Å². The molecule has 0 amide bonds. The van der Waals surface area contributed by atoms with E-state index in [1.165, 1.54) is 0 Å². The lowest BCUT2D eigenvalue weighted by molar-refractivity contribution is 0.440. The number of allylic oxidation sites excluding steroid dienone is 2. The topological polar surface area (TPSA) is 58.6 Å². The van der Waals surface area contributed by atoms with Gasteiger partial charge in [0.15, 0.2) is 0 Å². The summed E-state index contributed by atoms with van der Waals surface area (Å²) in [5.41, 5.74) is 0.634. The molecule has 3 N–H and O–H groups in total. The molecular weight excluding hydrogens is 148 g/mol. The summed E-state index contributed by atoms with van der Waals surface area (Å²) in [7, 11) is 0. The SMILES string of the molecule is C/C=C(O)\C(CC)=N/SN. The Bertz CT molecular complexity index is 154. The van der Waals surface area contributed by atoms with E-state index >= 15 is 0 Å². The maximum atomic E-state index is 9.11. The highest BCUT2D eigenvalue weighted by Gasteiger charge is 1.99. The summed E-state index contributed by atoms with van der Waals surface area (Å²) in [4.78, 5) is 0. The van der Waals surface area contributed by atoms with Crippen LogP contribution in [0, 0.1) is 0 Å². The fourth-order valence-corrected chi connectivity index (χ4v) is 0.873. The first-order valence-electron chi connectivity index (χ1n) is 3.04. The average molecular weight is 160 g/mol. The van der Waals surface area contributed by atoms with Gasteiger partial charge < -0.3 is 5.11 Å². The third-order valence-electron chi connectivity index (χ3n) is 1.07. The van der Waals surface area contributed by atoms with Crippen LogP contribution in [0.2, 0.25) is 0 Å². The first-order valence-corrected chi connectivity index (χ1v) is 3.88. The molecule has 0 heterocycles. The van der Waals surface area contributed by atoms with Gasteiger partial charge in [0, 0.05) is 0 Å². The van der Waals surface area contributed by atoms with Crippen LogP contribution < -0.4 is 5.14 Å². The van der Waals surface area contributed by atoms with Crippen molar-refractivity contribution in [2.45, 2.75) is 20.3 Å². The van der Waals surface area contributed by atoms with Gasteiger partial charge in [-0.25, -0.2) is 4.40 Å². The van der Waals surface area contributed by atoms with Gasteiger partial charge in [-0.2, -0.15) is 0 Å². The summed E-state index contributed by atoms with van der Waals surface area (Å²) in [5.74, 6) is 0.209. The van der Waals surface area contributed by atoms with Crippen LogP contribution in [0.3, 0.4) is 0 Å². The number of aliphatic hydroxyl groups is 1. The Kier molecular flexibility index (Phi) is 5.06. The third kappa shape index (κ3) is 2.89. The van der Waals surface area contributed by atoms with Crippen LogP contribution in [-0.2, 0) is 0 Å². The van der Waals surface area contributed by atoms with Crippen molar-refractivity contribution < 1.29 is 5.11 Å². The van der Waals surface area contributed by atoms with Gasteiger partial charge >= 0.3 is 0 Å². The number of hydrogen-bond donors (Lipinski definition) is 2. The molecule has 58 valence electrons. The van der Waals surface area contributed by atoms with Crippen LogP contribution >= 0.6 is 12.1 Å². The summed E-state index contributed by atoms with van der Waals surface area (Å²) in [6.07, 6.45) is 2.29. The summed E-state index contributed by atoms with van der Waals surface area (Å²) in [6.45, 7) is 3.66. The molecule has 0 aromatic rings. The number of aliphatic hydroxyl groups excluding tert-OH is 1. The second-order valence-corrected chi connectivity index (χ2v) is 2.06. The molecular formula is C6H12N2OS. The van der Waals surface area contributed by atoms with Crippen LogP contribution in [0.1, 0.15) is 20.3 Å². The predicted molar refractivity (Wildman–Crippen MR) is 45.9 cm³/mol. The molecule has 0 fully saturated rings. The molecule has 0 atom stereocenters. The molecule has 10 heavy (non-hydrogen) atoms. The lowest BCUT2D eigenvalue weighted by Crippen LogP contribution is -1.99. The van der Waals surface area contributed by atoms with E-state index in [4.69, 9.17) is 10.2 Å². The fourth-order valence-electron chi connectivity index (χ4n) is 0.523. The van der Waals surface area contributed by atoms with Crippen molar-refractivity contribution in [2.75, 3.05) is 0 Å². The van der Waals surface area contributed by atoms with Crippen LogP contribution in [0.15, 0.2) is 16.2 Å². The van der Waals surface area contributed by atoms with Crippen molar-refractivity contribution in [3.63, 3.8) is 0 Å². The third-order valence-corrected chi connectivity index (χ3v) is 1.39. The van der Waals surface area contributed by atoms with E-state index in [9.17, 15) is 0 Å². The van der Waals surface area contributed by atoms with Gasteiger partial charge in [0.2, 0.25) is 0 Å². The van der Waals surface area contributed by atoms with E-state index in [1.54, 1.807) is 13.0 Å². The Morgan fingerprint density at radius 3 is 2.70 bits per heavy atom. The van der Waals surface area contributed by atoms with Gasteiger partial charge in [-0.1, -0.05) is 6.92 Å². The maximum Gasteiger partial charge on any atom is 0.133 e. The van der Waals surface area contributed by atoms with E-state index in [0.29, 0.717) is 12.1 Å². The minimum absolute atomic E-state index is 0.209. The van der Waals surface area contributed by atoms with Crippen molar-refractivity contribution in [1.82, 2.24) is 0 Å². The fraction of sp³-hybridized carbons (Fsp3) is 0.500. The van der Waals surface area contributed by atoms with E-state index in [0.717, 1.165) is 12.1 Å².